The summed E-state index contributed by atoms with van der Waals surface area (Å²) < 4.78 is 5.26. The lowest BCUT2D eigenvalue weighted by Gasteiger charge is -2.37. The van der Waals surface area contributed by atoms with E-state index in [0.717, 1.165) is 6.42 Å². The zero-order chi connectivity index (χ0) is 16.2. The molecule has 2 N–H and O–H groups in total. The van der Waals surface area contributed by atoms with Gasteiger partial charge in [0.25, 0.3) is 5.91 Å². The molecule has 1 aromatic heterocycles. The first-order valence-corrected chi connectivity index (χ1v) is 7.19. The van der Waals surface area contributed by atoms with Crippen molar-refractivity contribution < 1.29 is 19.4 Å². The van der Waals surface area contributed by atoms with Gasteiger partial charge in [0, 0.05) is 26.9 Å². The van der Waals surface area contributed by atoms with Crippen LogP contribution in [-0.4, -0.2) is 59.7 Å². The Bertz CT molecular complexity index is 563. The highest BCUT2D eigenvalue weighted by Gasteiger charge is 2.46. The van der Waals surface area contributed by atoms with Gasteiger partial charge in [-0.1, -0.05) is 0 Å². The zero-order valence-corrected chi connectivity index (χ0v) is 12.8. The molecule has 1 fully saturated rings. The summed E-state index contributed by atoms with van der Waals surface area (Å²) in [6.45, 7) is 0.773. The SMILES string of the molecule is CNC(=O)C[C@@]1(COC)CCCN1C(=O)c1ncccc1O. The fourth-order valence-corrected chi connectivity index (χ4v) is 2.99. The van der Waals surface area contributed by atoms with Crippen molar-refractivity contribution in [2.45, 2.75) is 24.8 Å². The van der Waals surface area contributed by atoms with E-state index in [1.807, 2.05) is 0 Å². The Labute approximate surface area is 129 Å². The predicted molar refractivity (Wildman–Crippen MR) is 79.5 cm³/mol. The molecule has 0 spiro atoms. The number of carbonyl (C=O) groups is 2. The van der Waals surface area contributed by atoms with E-state index in [9.17, 15) is 14.7 Å². The number of hydrogen-bond acceptors (Lipinski definition) is 5. The van der Waals surface area contributed by atoms with Crippen molar-refractivity contribution in [2.75, 3.05) is 27.3 Å². The fraction of sp³-hybridized carbons (Fsp3) is 0.533. The number of methoxy groups -OCH3 is 1. The van der Waals surface area contributed by atoms with Gasteiger partial charge in [-0.15, -0.1) is 0 Å². The van der Waals surface area contributed by atoms with E-state index >= 15 is 0 Å². The molecule has 22 heavy (non-hydrogen) atoms. The van der Waals surface area contributed by atoms with Crippen LogP contribution in [0.5, 0.6) is 5.75 Å². The Balaban J connectivity index is 2.32. The van der Waals surface area contributed by atoms with Crippen LogP contribution >= 0.6 is 0 Å². The maximum Gasteiger partial charge on any atom is 0.276 e. The topological polar surface area (TPSA) is 91.8 Å². The van der Waals surface area contributed by atoms with Crippen LogP contribution in [0.25, 0.3) is 0 Å². The number of pyridine rings is 1. The van der Waals surface area contributed by atoms with Crippen LogP contribution in [0.15, 0.2) is 18.3 Å². The number of carbonyl (C=O) groups excluding carboxylic acids is 2. The van der Waals surface area contributed by atoms with Gasteiger partial charge in [0.1, 0.15) is 5.75 Å². The van der Waals surface area contributed by atoms with Gasteiger partial charge in [-0.3, -0.25) is 9.59 Å². The lowest BCUT2D eigenvalue weighted by molar-refractivity contribution is -0.123. The molecule has 0 aromatic carbocycles. The van der Waals surface area contributed by atoms with E-state index in [0.29, 0.717) is 13.0 Å². The van der Waals surface area contributed by atoms with Crippen LogP contribution in [0.1, 0.15) is 29.8 Å². The summed E-state index contributed by atoms with van der Waals surface area (Å²) in [5.74, 6) is -0.691. The third-order valence-corrected chi connectivity index (χ3v) is 4.01. The summed E-state index contributed by atoms with van der Waals surface area (Å²) >= 11 is 0. The second-order valence-electron chi connectivity index (χ2n) is 5.44. The molecule has 0 aliphatic carbocycles. The van der Waals surface area contributed by atoms with Crippen molar-refractivity contribution in [1.82, 2.24) is 15.2 Å². The number of nitrogens with one attached hydrogen (secondary N) is 1. The summed E-state index contributed by atoms with van der Waals surface area (Å²) in [6.07, 6.45) is 3.07. The van der Waals surface area contributed by atoms with Gasteiger partial charge in [0.15, 0.2) is 5.69 Å². The highest BCUT2D eigenvalue weighted by molar-refractivity contribution is 5.96. The van der Waals surface area contributed by atoms with Gasteiger partial charge in [0.05, 0.1) is 18.6 Å². The number of aromatic hydroxyl groups is 1. The average molecular weight is 307 g/mol. The summed E-state index contributed by atoms with van der Waals surface area (Å²) in [5.41, 5.74) is -0.697. The number of likely N-dealkylation sites (tertiary alicyclic amines) is 1. The smallest absolute Gasteiger partial charge is 0.276 e. The Morgan fingerprint density at radius 1 is 1.55 bits per heavy atom. The number of amides is 2. The van der Waals surface area contributed by atoms with Crippen LogP contribution in [0.4, 0.5) is 0 Å². The molecular formula is C15H21N3O4. The summed E-state index contributed by atoms with van der Waals surface area (Å²) in [5, 5.41) is 12.4. The molecule has 120 valence electrons. The van der Waals surface area contributed by atoms with Crippen LogP contribution in [0.3, 0.4) is 0 Å². The van der Waals surface area contributed by atoms with E-state index in [-0.39, 0.29) is 36.3 Å². The first-order chi connectivity index (χ1) is 10.5. The predicted octanol–water partition coefficient (Wildman–Crippen LogP) is 0.545. The molecule has 0 saturated carbocycles. The molecule has 2 rings (SSSR count). The molecule has 0 radical (unpaired) electrons. The van der Waals surface area contributed by atoms with Gasteiger partial charge in [-0.2, -0.15) is 0 Å². The fourth-order valence-electron chi connectivity index (χ4n) is 2.99. The standard InChI is InChI=1S/C15H21N3O4/c1-16-12(20)9-15(10-22-2)6-4-8-18(15)14(21)13-11(19)5-3-7-17-13/h3,5,7,19H,4,6,8-10H2,1-2H3,(H,16,20)/t15-/m1/s1. The van der Waals surface area contributed by atoms with Crippen LogP contribution < -0.4 is 5.32 Å². The molecular weight excluding hydrogens is 286 g/mol. The maximum absolute atomic E-state index is 12.7. The van der Waals surface area contributed by atoms with Crippen LogP contribution in [0.2, 0.25) is 0 Å². The lowest BCUT2D eigenvalue weighted by Crippen LogP contribution is -2.53. The van der Waals surface area contributed by atoms with Gasteiger partial charge in [-0.05, 0) is 25.0 Å². The minimum atomic E-state index is -0.699. The van der Waals surface area contributed by atoms with E-state index in [1.54, 1.807) is 25.1 Å². The molecule has 1 aliphatic heterocycles. The van der Waals surface area contributed by atoms with Crippen molar-refractivity contribution >= 4 is 11.8 Å². The highest BCUT2D eigenvalue weighted by Crippen LogP contribution is 2.35. The number of nitrogens with zero attached hydrogens (tertiary/aromatic N) is 2. The van der Waals surface area contributed by atoms with Gasteiger partial charge >= 0.3 is 0 Å². The molecule has 1 saturated heterocycles. The summed E-state index contributed by atoms with van der Waals surface area (Å²) in [6, 6.07) is 2.98. The molecule has 7 nitrogen and oxygen atoms in total. The summed E-state index contributed by atoms with van der Waals surface area (Å²) in [4.78, 5) is 30.2. The van der Waals surface area contributed by atoms with Crippen molar-refractivity contribution in [3.8, 4) is 5.75 Å². The second kappa shape index (κ2) is 6.74. The highest BCUT2D eigenvalue weighted by atomic mass is 16.5. The molecule has 1 aliphatic rings. The first-order valence-electron chi connectivity index (χ1n) is 7.19. The zero-order valence-electron chi connectivity index (χ0n) is 12.8. The van der Waals surface area contributed by atoms with Crippen molar-refractivity contribution in [1.29, 1.82) is 0 Å². The lowest BCUT2D eigenvalue weighted by atomic mass is 9.92. The second-order valence-corrected chi connectivity index (χ2v) is 5.44. The Morgan fingerprint density at radius 3 is 2.95 bits per heavy atom. The van der Waals surface area contributed by atoms with Crippen molar-refractivity contribution in [3.05, 3.63) is 24.0 Å². The van der Waals surface area contributed by atoms with Crippen molar-refractivity contribution in [2.24, 2.45) is 0 Å². The molecule has 2 amide bonds. The van der Waals surface area contributed by atoms with E-state index in [1.165, 1.54) is 12.3 Å². The molecule has 1 atom stereocenters. The van der Waals surface area contributed by atoms with Gasteiger partial charge in [0.2, 0.25) is 5.91 Å². The summed E-state index contributed by atoms with van der Waals surface area (Å²) in [7, 11) is 3.11. The Kier molecular flexibility index (Phi) is 4.97. The molecule has 2 heterocycles. The number of rotatable bonds is 5. The quantitative estimate of drug-likeness (QED) is 0.828. The molecule has 1 aromatic rings. The minimum Gasteiger partial charge on any atom is -0.505 e. The average Bonchev–Trinajstić information content (AvgIpc) is 2.90. The van der Waals surface area contributed by atoms with Gasteiger partial charge < -0.3 is 20.1 Å². The third-order valence-electron chi connectivity index (χ3n) is 4.01. The third kappa shape index (κ3) is 3.04. The minimum absolute atomic E-state index is 0.00165. The number of ether oxygens (including phenoxy) is 1. The molecule has 0 bridgehead atoms. The Hall–Kier alpha value is -2.15. The van der Waals surface area contributed by atoms with Crippen LogP contribution in [-0.2, 0) is 9.53 Å². The maximum atomic E-state index is 12.7. The van der Waals surface area contributed by atoms with Crippen molar-refractivity contribution in [3.63, 3.8) is 0 Å². The first kappa shape index (κ1) is 16.2. The number of aromatic nitrogens is 1. The van der Waals surface area contributed by atoms with E-state index < -0.39 is 5.54 Å². The van der Waals surface area contributed by atoms with E-state index in [2.05, 4.69) is 10.3 Å². The van der Waals surface area contributed by atoms with Crippen LogP contribution in [0, 0.1) is 0 Å². The van der Waals surface area contributed by atoms with Gasteiger partial charge in [-0.25, -0.2) is 4.98 Å². The van der Waals surface area contributed by atoms with E-state index in [4.69, 9.17) is 4.74 Å². The molecule has 7 heteroatoms. The normalized spacial score (nSPS) is 20.9. The largest absolute Gasteiger partial charge is 0.505 e. The monoisotopic (exact) mass is 307 g/mol. The number of hydrogen-bond donors (Lipinski definition) is 2. The molecule has 0 unspecified atom stereocenters. The Morgan fingerprint density at radius 2 is 2.32 bits per heavy atom.